The van der Waals surface area contributed by atoms with E-state index in [2.05, 4.69) is 19.1 Å². The first kappa shape index (κ1) is 29.4. The van der Waals surface area contributed by atoms with Gasteiger partial charge in [0.2, 0.25) is 0 Å². The van der Waals surface area contributed by atoms with E-state index in [-0.39, 0.29) is 0 Å². The van der Waals surface area contributed by atoms with Crippen molar-refractivity contribution in [3.05, 3.63) is 72.3 Å². The van der Waals surface area contributed by atoms with E-state index in [4.69, 9.17) is 79.5 Å². The van der Waals surface area contributed by atoms with Gasteiger partial charge in [-0.25, -0.2) is 0 Å². The second kappa shape index (κ2) is 23.6. The Morgan fingerprint density at radius 1 is 0.720 bits per heavy atom. The Balaban J connectivity index is -0.000000249. The Hall–Kier alpha value is -0.350. The molecule has 0 unspecified atom stereocenters. The Morgan fingerprint density at radius 2 is 0.880 bits per heavy atom. The fourth-order valence-electron chi connectivity index (χ4n) is 0.919. The fraction of sp³-hybridized carbons (Fsp3) is 0.235. The molecule has 0 fully saturated rings. The van der Waals surface area contributed by atoms with E-state index in [0.717, 1.165) is 6.92 Å². The molecule has 2 aromatic carbocycles. The van der Waals surface area contributed by atoms with Crippen molar-refractivity contribution in [2.24, 2.45) is 0 Å². The number of aryl methyl sites for hydroxylation is 1. The van der Waals surface area contributed by atoms with Gasteiger partial charge >= 0.3 is 0 Å². The lowest BCUT2D eigenvalue weighted by molar-refractivity contribution is -0.134. The van der Waals surface area contributed by atoms with Crippen LogP contribution in [-0.2, 0) is 4.79 Å². The van der Waals surface area contributed by atoms with Crippen LogP contribution < -0.4 is 0 Å². The van der Waals surface area contributed by atoms with E-state index in [1.54, 1.807) is 0 Å². The Bertz CT molecular complexity index is 439. The van der Waals surface area contributed by atoms with Crippen molar-refractivity contribution in [1.82, 2.24) is 0 Å². The van der Waals surface area contributed by atoms with Gasteiger partial charge in [-0.15, -0.1) is 0 Å². The van der Waals surface area contributed by atoms with Crippen molar-refractivity contribution < 1.29 is 9.90 Å². The highest BCUT2D eigenvalue weighted by molar-refractivity contribution is 6.63. The van der Waals surface area contributed by atoms with Crippen molar-refractivity contribution in [2.45, 2.75) is 22.4 Å². The first-order chi connectivity index (χ1) is 11.6. The van der Waals surface area contributed by atoms with E-state index in [9.17, 15) is 0 Å². The molecule has 0 aliphatic carbocycles. The van der Waals surface area contributed by atoms with E-state index >= 15 is 0 Å². The lowest BCUT2D eigenvalue weighted by Crippen LogP contribution is -1.78. The predicted octanol–water partition coefficient (Wildman–Crippen LogP) is 7.75. The van der Waals surface area contributed by atoms with E-state index in [0.29, 0.717) is 0 Å². The molecule has 2 aromatic rings. The van der Waals surface area contributed by atoms with Gasteiger partial charge in [0.15, 0.2) is 8.59 Å². The molecule has 2 nitrogen and oxygen atoms in total. The summed E-state index contributed by atoms with van der Waals surface area (Å²) in [5.41, 5.74) is 1.32. The number of rotatable bonds is 0. The maximum Gasteiger partial charge on any atom is 0.300 e. The maximum atomic E-state index is 9.00. The summed E-state index contributed by atoms with van der Waals surface area (Å²) in [5.74, 6) is -0.833. The van der Waals surface area contributed by atoms with Gasteiger partial charge in [0.05, 0.1) is 0 Å². The van der Waals surface area contributed by atoms with Gasteiger partial charge in [0.25, 0.3) is 5.97 Å². The average molecular weight is 469 g/mol. The van der Waals surface area contributed by atoms with Gasteiger partial charge in [-0.1, -0.05) is 142 Å². The molecule has 1 N–H and O–H groups in total. The summed E-state index contributed by atoms with van der Waals surface area (Å²) in [7, 11) is 0. The molecule has 0 amide bonds. The minimum atomic E-state index is -0.833. The van der Waals surface area contributed by atoms with Gasteiger partial charge in [-0.3, -0.25) is 4.79 Å². The maximum absolute atomic E-state index is 9.00. The molecule has 2 rings (SSSR count). The number of carboxylic acids is 1. The quantitative estimate of drug-likeness (QED) is 0.401. The monoisotopic (exact) mass is 466 g/mol. The highest BCUT2D eigenvalue weighted by Crippen LogP contribution is 2.04. The van der Waals surface area contributed by atoms with Crippen LogP contribution in [0.15, 0.2) is 66.7 Å². The zero-order valence-corrected chi connectivity index (χ0v) is 18.2. The lowest BCUT2D eigenvalue weighted by Gasteiger charge is -1.82. The molecule has 0 spiro atoms. The number of carbonyl (C=O) groups is 1. The molecule has 0 heterocycles. The van der Waals surface area contributed by atoms with Crippen LogP contribution in [0.2, 0.25) is 0 Å². The highest BCUT2D eigenvalue weighted by Gasteiger charge is 1.79. The van der Waals surface area contributed by atoms with Crippen LogP contribution in [0, 0.1) is 6.92 Å². The average Bonchev–Trinajstić information content (AvgIpc) is 2.49. The van der Waals surface area contributed by atoms with Gasteiger partial charge in [0.1, 0.15) is 0 Å². The van der Waals surface area contributed by atoms with E-state index < -0.39 is 14.6 Å². The minimum absolute atomic E-state index is 0.750. The number of carboxylic acid groups (broad SMARTS) is 1. The molecular formula is C17H20Cl6O2. The third-order valence-corrected chi connectivity index (χ3v) is 1.61. The number of hydrogen-bond donors (Lipinski definition) is 1. The molecule has 142 valence electrons. The van der Waals surface area contributed by atoms with Crippen LogP contribution in [0.25, 0.3) is 0 Å². The van der Waals surface area contributed by atoms with E-state index in [1.807, 2.05) is 54.6 Å². The zero-order chi connectivity index (χ0) is 20.1. The molecule has 25 heavy (non-hydrogen) atoms. The van der Waals surface area contributed by atoms with Crippen LogP contribution in [-0.4, -0.2) is 19.7 Å². The molecule has 0 aromatic heterocycles. The number of halogens is 6. The molecule has 0 aliphatic heterocycles. The number of benzene rings is 2. The Labute approximate surface area is 179 Å². The van der Waals surface area contributed by atoms with Crippen LogP contribution >= 0.6 is 69.6 Å². The minimum Gasteiger partial charge on any atom is -0.481 e. The van der Waals surface area contributed by atoms with E-state index in [1.165, 1.54) is 5.56 Å². The first-order valence-electron chi connectivity index (χ1n) is 6.65. The molecule has 0 atom stereocenters. The number of alkyl halides is 6. The molecule has 0 saturated heterocycles. The Morgan fingerprint density at radius 3 is 1.00 bits per heavy atom. The van der Waals surface area contributed by atoms with Crippen molar-refractivity contribution in [3.8, 4) is 0 Å². The molecule has 0 bridgehead atoms. The molecule has 0 aliphatic rings. The molecule has 0 radical (unpaired) electrons. The smallest absolute Gasteiger partial charge is 0.300 e. The second-order valence-corrected chi connectivity index (χ2v) is 7.78. The second-order valence-electron chi connectivity index (χ2n) is 3.82. The van der Waals surface area contributed by atoms with Crippen molar-refractivity contribution >= 4 is 75.6 Å². The summed E-state index contributed by atoms with van der Waals surface area (Å²) in [6.07, 6.45) is 0. The predicted molar refractivity (Wildman–Crippen MR) is 114 cm³/mol. The topological polar surface area (TPSA) is 37.3 Å². The molecule has 8 heteroatoms. The summed E-state index contributed by atoms with van der Waals surface area (Å²) in [6.45, 7) is 3.17. The number of hydrogen-bond acceptors (Lipinski definition) is 1. The van der Waals surface area contributed by atoms with Crippen LogP contribution in [0.5, 0.6) is 0 Å². The standard InChI is InChI=1S/C7H8.C6H6.C2H4O2.2CHCl3/c1-7-5-3-2-4-6-7;1-2-4-6-5-3-1;1-2(3)4;2*2-1(3)4/h2-6H,1H3;1-6H;1H3,(H,3,4);2*1H. The lowest BCUT2D eigenvalue weighted by atomic mass is 10.2. The highest BCUT2D eigenvalue weighted by atomic mass is 35.6. The molecular weight excluding hydrogens is 449 g/mol. The number of aliphatic carboxylic acids is 1. The van der Waals surface area contributed by atoms with Crippen molar-refractivity contribution in [3.63, 3.8) is 0 Å². The summed E-state index contributed by atoms with van der Waals surface area (Å²) in [5, 5.41) is 7.42. The third-order valence-electron chi connectivity index (χ3n) is 1.61. The summed E-state index contributed by atoms with van der Waals surface area (Å²) < 4.78 is -1.50. The largest absolute Gasteiger partial charge is 0.481 e. The van der Waals surface area contributed by atoms with Gasteiger partial charge < -0.3 is 5.11 Å². The van der Waals surface area contributed by atoms with Gasteiger partial charge in [0, 0.05) is 6.92 Å². The SMILES string of the molecule is CC(=O)O.Cc1ccccc1.ClC(Cl)Cl.ClC(Cl)Cl.c1ccccc1. The summed E-state index contributed by atoms with van der Waals surface area (Å²) >= 11 is 28.8. The van der Waals surface area contributed by atoms with Gasteiger partial charge in [-0.2, -0.15) is 0 Å². The van der Waals surface area contributed by atoms with Crippen molar-refractivity contribution in [1.29, 1.82) is 0 Å². The van der Waals surface area contributed by atoms with Crippen LogP contribution in [0.1, 0.15) is 12.5 Å². The normalized spacial score (nSPS) is 8.24. The van der Waals surface area contributed by atoms with Crippen LogP contribution in [0.3, 0.4) is 0 Å². The summed E-state index contributed by atoms with van der Waals surface area (Å²) in [4.78, 5) is 9.00. The molecule has 0 saturated carbocycles. The Kier molecular flexibility index (Phi) is 27.8. The fourth-order valence-corrected chi connectivity index (χ4v) is 0.919. The van der Waals surface area contributed by atoms with Crippen molar-refractivity contribution in [2.75, 3.05) is 0 Å². The van der Waals surface area contributed by atoms with Crippen LogP contribution in [0.4, 0.5) is 0 Å². The third kappa shape index (κ3) is 59.5. The van der Waals surface area contributed by atoms with Gasteiger partial charge in [-0.05, 0) is 6.92 Å². The first-order valence-corrected chi connectivity index (χ1v) is 9.27. The summed E-state index contributed by atoms with van der Waals surface area (Å²) in [6, 6.07) is 22.3. The zero-order valence-electron chi connectivity index (χ0n) is 13.6.